The lowest BCUT2D eigenvalue weighted by Crippen LogP contribution is -2.28. The molecular weight excluding hydrogens is 297 g/mol. The lowest BCUT2D eigenvalue weighted by molar-refractivity contribution is 0.0691. The van der Waals surface area contributed by atoms with Crippen LogP contribution in [-0.2, 0) is 6.54 Å². The van der Waals surface area contributed by atoms with Crippen LogP contribution in [0.1, 0.15) is 21.1 Å². The maximum absolute atomic E-state index is 13.5. The van der Waals surface area contributed by atoms with Crippen molar-refractivity contribution in [3.8, 4) is 0 Å². The van der Waals surface area contributed by atoms with E-state index in [1.807, 2.05) is 0 Å². The van der Waals surface area contributed by atoms with Crippen molar-refractivity contribution in [1.29, 1.82) is 0 Å². The second-order valence-electron chi connectivity index (χ2n) is 4.22. The number of thiazole rings is 1. The SMILES string of the molecule is Cc1ccc(F)c(NC(=O)NCc2nc(C(=O)O)cs2)c1. The Hall–Kier alpha value is -2.48. The summed E-state index contributed by atoms with van der Waals surface area (Å²) in [4.78, 5) is 26.2. The van der Waals surface area contributed by atoms with Crippen molar-refractivity contribution in [2.75, 3.05) is 5.32 Å². The van der Waals surface area contributed by atoms with Crippen molar-refractivity contribution in [2.45, 2.75) is 13.5 Å². The average Bonchev–Trinajstić information content (AvgIpc) is 2.90. The fourth-order valence-electron chi connectivity index (χ4n) is 1.55. The summed E-state index contributed by atoms with van der Waals surface area (Å²) >= 11 is 1.12. The maximum atomic E-state index is 13.5. The Labute approximate surface area is 123 Å². The predicted molar refractivity (Wildman–Crippen MR) is 76.1 cm³/mol. The van der Waals surface area contributed by atoms with E-state index in [4.69, 9.17) is 5.11 Å². The molecule has 0 bridgehead atoms. The van der Waals surface area contributed by atoms with Gasteiger partial charge in [-0.2, -0.15) is 0 Å². The Morgan fingerprint density at radius 1 is 1.43 bits per heavy atom. The average molecular weight is 309 g/mol. The summed E-state index contributed by atoms with van der Waals surface area (Å²) < 4.78 is 13.5. The molecule has 0 radical (unpaired) electrons. The van der Waals surface area contributed by atoms with Gasteiger partial charge in [0.05, 0.1) is 12.2 Å². The largest absolute Gasteiger partial charge is 0.476 e. The number of aromatic nitrogens is 1. The second-order valence-corrected chi connectivity index (χ2v) is 5.17. The van der Waals surface area contributed by atoms with Crippen LogP contribution in [0.4, 0.5) is 14.9 Å². The number of rotatable bonds is 4. The number of nitrogens with one attached hydrogen (secondary N) is 2. The molecule has 0 spiro atoms. The zero-order valence-electron chi connectivity index (χ0n) is 11.0. The van der Waals surface area contributed by atoms with Gasteiger partial charge in [-0.05, 0) is 24.6 Å². The van der Waals surface area contributed by atoms with E-state index in [2.05, 4.69) is 15.6 Å². The standard InChI is InChI=1S/C13H12FN3O3S/c1-7-2-3-8(14)9(4-7)17-13(20)15-5-11-16-10(6-21-11)12(18)19/h2-4,6H,5H2,1H3,(H,18,19)(H2,15,17,20). The fourth-order valence-corrected chi connectivity index (χ4v) is 2.26. The minimum absolute atomic E-state index is 0.0667. The molecule has 110 valence electrons. The first-order chi connectivity index (χ1) is 9.95. The van der Waals surface area contributed by atoms with Gasteiger partial charge < -0.3 is 15.7 Å². The van der Waals surface area contributed by atoms with Crippen molar-refractivity contribution in [3.05, 3.63) is 45.7 Å². The monoisotopic (exact) mass is 309 g/mol. The van der Waals surface area contributed by atoms with E-state index in [0.717, 1.165) is 16.9 Å². The molecule has 0 saturated carbocycles. The lowest BCUT2D eigenvalue weighted by Gasteiger charge is -2.08. The van der Waals surface area contributed by atoms with E-state index >= 15 is 0 Å². The first-order valence-corrected chi connectivity index (χ1v) is 6.82. The number of carboxylic acid groups (broad SMARTS) is 1. The number of halogens is 1. The van der Waals surface area contributed by atoms with E-state index in [1.165, 1.54) is 17.5 Å². The molecule has 0 atom stereocenters. The number of hydrogen-bond donors (Lipinski definition) is 3. The van der Waals surface area contributed by atoms with Gasteiger partial charge >= 0.3 is 12.0 Å². The predicted octanol–water partition coefficient (Wildman–Crippen LogP) is 2.61. The molecule has 0 saturated heterocycles. The number of benzene rings is 1. The number of carbonyl (C=O) groups excluding carboxylic acids is 1. The van der Waals surface area contributed by atoms with Crippen LogP contribution in [0.3, 0.4) is 0 Å². The quantitative estimate of drug-likeness (QED) is 0.809. The molecule has 2 rings (SSSR count). The number of carbonyl (C=O) groups is 2. The molecule has 1 aromatic heterocycles. The molecule has 6 nitrogen and oxygen atoms in total. The molecule has 1 aromatic carbocycles. The van der Waals surface area contributed by atoms with Gasteiger partial charge in [-0.15, -0.1) is 11.3 Å². The van der Waals surface area contributed by atoms with Crippen LogP contribution in [0.5, 0.6) is 0 Å². The Morgan fingerprint density at radius 2 is 2.19 bits per heavy atom. The van der Waals surface area contributed by atoms with Crippen LogP contribution >= 0.6 is 11.3 Å². The minimum Gasteiger partial charge on any atom is -0.476 e. The molecule has 21 heavy (non-hydrogen) atoms. The number of aryl methyl sites for hydroxylation is 1. The topological polar surface area (TPSA) is 91.3 Å². The highest BCUT2D eigenvalue weighted by Gasteiger charge is 2.10. The van der Waals surface area contributed by atoms with Gasteiger partial charge in [0.15, 0.2) is 5.69 Å². The highest BCUT2D eigenvalue weighted by atomic mass is 32.1. The first-order valence-electron chi connectivity index (χ1n) is 5.94. The first kappa shape index (κ1) is 14.9. The number of hydrogen-bond acceptors (Lipinski definition) is 4. The lowest BCUT2D eigenvalue weighted by atomic mass is 10.2. The number of amides is 2. The number of aromatic carboxylic acids is 1. The van der Waals surface area contributed by atoms with Crippen LogP contribution < -0.4 is 10.6 Å². The molecule has 1 heterocycles. The Morgan fingerprint density at radius 3 is 2.86 bits per heavy atom. The van der Waals surface area contributed by atoms with E-state index < -0.39 is 17.8 Å². The van der Waals surface area contributed by atoms with Crippen molar-refractivity contribution in [2.24, 2.45) is 0 Å². The van der Waals surface area contributed by atoms with Gasteiger partial charge in [-0.25, -0.2) is 19.0 Å². The minimum atomic E-state index is -1.12. The molecule has 8 heteroatoms. The highest BCUT2D eigenvalue weighted by Crippen LogP contribution is 2.15. The van der Waals surface area contributed by atoms with Gasteiger partial charge in [0.25, 0.3) is 0 Å². The molecular formula is C13H12FN3O3S. The summed E-state index contributed by atoms with van der Waals surface area (Å²) in [6.45, 7) is 1.85. The summed E-state index contributed by atoms with van der Waals surface area (Å²) in [7, 11) is 0. The Kier molecular flexibility index (Phi) is 4.49. The van der Waals surface area contributed by atoms with Crippen molar-refractivity contribution in [1.82, 2.24) is 10.3 Å². The highest BCUT2D eigenvalue weighted by molar-refractivity contribution is 7.09. The van der Waals surface area contributed by atoms with Crippen LogP contribution in [0.2, 0.25) is 0 Å². The van der Waals surface area contributed by atoms with Crippen molar-refractivity contribution >= 4 is 29.0 Å². The third-order valence-corrected chi connectivity index (χ3v) is 3.39. The van der Waals surface area contributed by atoms with E-state index in [-0.39, 0.29) is 17.9 Å². The number of carboxylic acids is 1. The number of urea groups is 1. The summed E-state index contributed by atoms with van der Waals surface area (Å²) in [6, 6.07) is 3.79. The fraction of sp³-hybridized carbons (Fsp3) is 0.154. The third kappa shape index (κ3) is 3.99. The summed E-state index contributed by atoms with van der Waals surface area (Å²) in [5.41, 5.74) is 0.831. The second kappa shape index (κ2) is 6.31. The van der Waals surface area contributed by atoms with Gasteiger partial charge in [0.1, 0.15) is 10.8 Å². The van der Waals surface area contributed by atoms with Gasteiger partial charge in [-0.3, -0.25) is 0 Å². The zero-order chi connectivity index (χ0) is 15.4. The van der Waals surface area contributed by atoms with Crippen LogP contribution in [-0.4, -0.2) is 22.1 Å². The van der Waals surface area contributed by atoms with E-state index in [9.17, 15) is 14.0 Å². The molecule has 0 unspecified atom stereocenters. The number of nitrogens with zero attached hydrogens (tertiary/aromatic N) is 1. The van der Waals surface area contributed by atoms with E-state index in [1.54, 1.807) is 13.0 Å². The molecule has 2 aromatic rings. The van der Waals surface area contributed by atoms with Gasteiger partial charge in [0, 0.05) is 5.38 Å². The summed E-state index contributed by atoms with van der Waals surface area (Å²) in [5, 5.41) is 15.4. The van der Waals surface area contributed by atoms with Crippen molar-refractivity contribution in [3.63, 3.8) is 0 Å². The smallest absolute Gasteiger partial charge is 0.355 e. The van der Waals surface area contributed by atoms with Crippen molar-refractivity contribution < 1.29 is 19.1 Å². The summed E-state index contributed by atoms with van der Waals surface area (Å²) in [6.07, 6.45) is 0. The Balaban J connectivity index is 1.92. The molecule has 0 aliphatic carbocycles. The van der Waals surface area contributed by atoms with E-state index in [0.29, 0.717) is 5.01 Å². The van der Waals surface area contributed by atoms with Crippen LogP contribution in [0, 0.1) is 12.7 Å². The van der Waals surface area contributed by atoms with Crippen LogP contribution in [0.25, 0.3) is 0 Å². The Bertz CT molecular complexity index is 687. The third-order valence-electron chi connectivity index (χ3n) is 2.54. The zero-order valence-corrected chi connectivity index (χ0v) is 11.8. The molecule has 0 aliphatic rings. The molecule has 0 aliphatic heterocycles. The maximum Gasteiger partial charge on any atom is 0.355 e. The molecule has 3 N–H and O–H groups in total. The van der Waals surface area contributed by atoms with Gasteiger partial charge in [-0.1, -0.05) is 6.07 Å². The molecule has 2 amide bonds. The summed E-state index contributed by atoms with van der Waals surface area (Å²) in [5.74, 6) is -1.65. The van der Waals surface area contributed by atoms with Crippen LogP contribution in [0.15, 0.2) is 23.6 Å². The normalized spacial score (nSPS) is 10.2. The molecule has 0 fully saturated rings. The van der Waals surface area contributed by atoms with Gasteiger partial charge in [0.2, 0.25) is 0 Å². The number of anilines is 1.